The highest BCUT2D eigenvalue weighted by Crippen LogP contribution is 2.17. The minimum atomic E-state index is -0.338. The molecule has 0 bridgehead atoms. The molecule has 0 amide bonds. The van der Waals surface area contributed by atoms with Gasteiger partial charge in [-0.3, -0.25) is 4.79 Å². The lowest BCUT2D eigenvalue weighted by Crippen LogP contribution is -2.31. The van der Waals surface area contributed by atoms with Gasteiger partial charge in [0, 0.05) is 25.1 Å². The number of aromatic amines is 1. The minimum absolute atomic E-state index is 0.147. The highest BCUT2D eigenvalue weighted by Gasteiger charge is 2.15. The van der Waals surface area contributed by atoms with Gasteiger partial charge >= 0.3 is 0 Å². The summed E-state index contributed by atoms with van der Waals surface area (Å²) in [6.07, 6.45) is 0.724. The van der Waals surface area contributed by atoms with Crippen LogP contribution in [0.4, 0.5) is 4.39 Å². The molecule has 0 radical (unpaired) electrons. The highest BCUT2D eigenvalue weighted by molar-refractivity contribution is 5.55. The average Bonchev–Trinajstić information content (AvgIpc) is 2.39. The number of H-pyrrole nitrogens is 1. The largest absolute Gasteiger partial charge is 0.312 e. The van der Waals surface area contributed by atoms with Crippen LogP contribution in [-0.2, 0) is 13.0 Å². The van der Waals surface area contributed by atoms with Crippen LogP contribution in [0.5, 0.6) is 0 Å². The molecule has 2 heterocycles. The Labute approximate surface area is 103 Å². The predicted molar refractivity (Wildman–Crippen MR) is 65.7 cm³/mol. The SMILES string of the molecule is O=c1[nH]c(-c2cccc(F)c2)nc2c1CNCC2. The van der Waals surface area contributed by atoms with E-state index in [2.05, 4.69) is 15.3 Å². The van der Waals surface area contributed by atoms with E-state index in [-0.39, 0.29) is 11.4 Å². The van der Waals surface area contributed by atoms with Gasteiger partial charge in [0.05, 0.1) is 11.3 Å². The van der Waals surface area contributed by atoms with Crippen molar-refractivity contribution < 1.29 is 4.39 Å². The molecule has 0 unspecified atom stereocenters. The molecule has 0 atom stereocenters. The molecule has 2 aromatic rings. The van der Waals surface area contributed by atoms with Crippen LogP contribution in [0, 0.1) is 5.82 Å². The Kier molecular flexibility index (Phi) is 2.68. The molecule has 4 nitrogen and oxygen atoms in total. The van der Waals surface area contributed by atoms with Gasteiger partial charge < -0.3 is 10.3 Å². The Bertz CT molecular complexity index is 651. The lowest BCUT2D eigenvalue weighted by atomic mass is 10.1. The van der Waals surface area contributed by atoms with Gasteiger partial charge in [0.15, 0.2) is 0 Å². The Morgan fingerprint density at radius 2 is 2.22 bits per heavy atom. The normalized spacial score (nSPS) is 14.3. The zero-order chi connectivity index (χ0) is 12.5. The maximum Gasteiger partial charge on any atom is 0.255 e. The average molecular weight is 245 g/mol. The van der Waals surface area contributed by atoms with Crippen molar-refractivity contribution in [2.45, 2.75) is 13.0 Å². The number of halogens is 1. The number of hydrogen-bond acceptors (Lipinski definition) is 3. The standard InChI is InChI=1S/C13H12FN3O/c14-9-3-1-2-8(6-9)12-16-11-4-5-15-7-10(11)13(18)17-12/h1-3,6,15H,4-5,7H2,(H,16,17,18). The molecule has 92 valence electrons. The monoisotopic (exact) mass is 245 g/mol. The number of benzene rings is 1. The van der Waals surface area contributed by atoms with E-state index in [1.54, 1.807) is 12.1 Å². The van der Waals surface area contributed by atoms with Crippen molar-refractivity contribution in [3.05, 3.63) is 51.7 Å². The molecular formula is C13H12FN3O. The summed E-state index contributed by atoms with van der Waals surface area (Å²) in [6, 6.07) is 6.07. The molecule has 1 aromatic carbocycles. The molecule has 5 heteroatoms. The molecule has 0 fully saturated rings. The second-order valence-electron chi connectivity index (χ2n) is 4.28. The summed E-state index contributed by atoms with van der Waals surface area (Å²) >= 11 is 0. The quantitative estimate of drug-likeness (QED) is 0.794. The zero-order valence-corrected chi connectivity index (χ0v) is 9.66. The summed E-state index contributed by atoms with van der Waals surface area (Å²) in [6.45, 7) is 1.35. The van der Waals surface area contributed by atoms with Gasteiger partial charge in [-0.1, -0.05) is 12.1 Å². The minimum Gasteiger partial charge on any atom is -0.312 e. The number of rotatable bonds is 1. The summed E-state index contributed by atoms with van der Waals surface area (Å²) in [7, 11) is 0. The van der Waals surface area contributed by atoms with Crippen molar-refractivity contribution in [1.82, 2.24) is 15.3 Å². The van der Waals surface area contributed by atoms with Crippen LogP contribution in [0.1, 0.15) is 11.3 Å². The summed E-state index contributed by atoms with van der Waals surface area (Å²) in [5.74, 6) is 0.0923. The first-order chi connectivity index (χ1) is 8.74. The van der Waals surface area contributed by atoms with E-state index in [0.29, 0.717) is 23.5 Å². The van der Waals surface area contributed by atoms with Crippen LogP contribution < -0.4 is 10.9 Å². The van der Waals surface area contributed by atoms with E-state index >= 15 is 0 Å². The molecule has 1 aliphatic rings. The fraction of sp³-hybridized carbons (Fsp3) is 0.231. The Balaban J connectivity index is 2.14. The maximum atomic E-state index is 13.2. The number of aromatic nitrogens is 2. The molecule has 0 saturated heterocycles. The lowest BCUT2D eigenvalue weighted by molar-refractivity contribution is 0.620. The number of nitrogens with one attached hydrogen (secondary N) is 2. The zero-order valence-electron chi connectivity index (χ0n) is 9.66. The van der Waals surface area contributed by atoms with Crippen molar-refractivity contribution >= 4 is 0 Å². The van der Waals surface area contributed by atoms with E-state index in [0.717, 1.165) is 18.7 Å². The van der Waals surface area contributed by atoms with Crippen molar-refractivity contribution in [3.63, 3.8) is 0 Å². The number of fused-ring (bicyclic) bond motifs is 1. The van der Waals surface area contributed by atoms with E-state index in [9.17, 15) is 9.18 Å². The molecule has 0 spiro atoms. The fourth-order valence-electron chi connectivity index (χ4n) is 2.13. The van der Waals surface area contributed by atoms with Gasteiger partial charge in [-0.25, -0.2) is 9.37 Å². The van der Waals surface area contributed by atoms with Crippen molar-refractivity contribution in [1.29, 1.82) is 0 Å². The molecule has 1 aliphatic heterocycles. The first-order valence-electron chi connectivity index (χ1n) is 5.83. The molecule has 0 aliphatic carbocycles. The van der Waals surface area contributed by atoms with E-state index in [4.69, 9.17) is 0 Å². The third-order valence-electron chi connectivity index (χ3n) is 3.04. The van der Waals surface area contributed by atoms with E-state index in [1.165, 1.54) is 12.1 Å². The summed E-state index contributed by atoms with van der Waals surface area (Å²) in [5, 5.41) is 3.13. The molecule has 18 heavy (non-hydrogen) atoms. The van der Waals surface area contributed by atoms with E-state index in [1.807, 2.05) is 0 Å². The van der Waals surface area contributed by atoms with Gasteiger partial charge in [-0.05, 0) is 12.1 Å². The fourth-order valence-corrected chi connectivity index (χ4v) is 2.13. The second-order valence-corrected chi connectivity index (χ2v) is 4.28. The van der Waals surface area contributed by atoms with Gasteiger partial charge in [0.2, 0.25) is 0 Å². The van der Waals surface area contributed by atoms with Crippen molar-refractivity contribution in [2.75, 3.05) is 6.54 Å². The number of hydrogen-bond donors (Lipinski definition) is 2. The third kappa shape index (κ3) is 1.93. The van der Waals surface area contributed by atoms with Crippen LogP contribution in [-0.4, -0.2) is 16.5 Å². The van der Waals surface area contributed by atoms with Crippen LogP contribution in [0.15, 0.2) is 29.1 Å². The van der Waals surface area contributed by atoms with Crippen LogP contribution in [0.25, 0.3) is 11.4 Å². The van der Waals surface area contributed by atoms with Crippen molar-refractivity contribution in [3.8, 4) is 11.4 Å². The summed E-state index contributed by atoms with van der Waals surface area (Å²) in [5.41, 5.74) is 1.93. The molecule has 3 rings (SSSR count). The van der Waals surface area contributed by atoms with Gasteiger partial charge in [-0.2, -0.15) is 0 Å². The topological polar surface area (TPSA) is 57.8 Å². The highest BCUT2D eigenvalue weighted by atomic mass is 19.1. The first kappa shape index (κ1) is 11.1. The van der Waals surface area contributed by atoms with Gasteiger partial charge in [0.1, 0.15) is 11.6 Å². The smallest absolute Gasteiger partial charge is 0.255 e. The van der Waals surface area contributed by atoms with Crippen LogP contribution in [0.3, 0.4) is 0 Å². The lowest BCUT2D eigenvalue weighted by Gasteiger charge is -2.15. The Hall–Kier alpha value is -2.01. The van der Waals surface area contributed by atoms with Gasteiger partial charge in [-0.15, -0.1) is 0 Å². The van der Waals surface area contributed by atoms with Crippen molar-refractivity contribution in [2.24, 2.45) is 0 Å². The first-order valence-corrected chi connectivity index (χ1v) is 5.83. The maximum absolute atomic E-state index is 13.2. The predicted octanol–water partition coefficient (Wildman–Crippen LogP) is 1.22. The molecule has 1 aromatic heterocycles. The summed E-state index contributed by atoms with van der Waals surface area (Å²) < 4.78 is 13.2. The van der Waals surface area contributed by atoms with Crippen LogP contribution >= 0.6 is 0 Å². The molecule has 2 N–H and O–H groups in total. The molecular weight excluding hydrogens is 233 g/mol. The number of nitrogens with zero attached hydrogens (tertiary/aromatic N) is 1. The van der Waals surface area contributed by atoms with Crippen LogP contribution in [0.2, 0.25) is 0 Å². The second kappa shape index (κ2) is 4.34. The Morgan fingerprint density at radius 3 is 3.06 bits per heavy atom. The molecule has 0 saturated carbocycles. The third-order valence-corrected chi connectivity index (χ3v) is 3.04. The summed E-state index contributed by atoms with van der Waals surface area (Å²) in [4.78, 5) is 19.0. The van der Waals surface area contributed by atoms with Gasteiger partial charge in [0.25, 0.3) is 5.56 Å². The van der Waals surface area contributed by atoms with E-state index < -0.39 is 0 Å². The Morgan fingerprint density at radius 1 is 1.33 bits per heavy atom.